The number of rotatable bonds is 13. The molecule has 0 unspecified atom stereocenters. The van der Waals surface area contributed by atoms with Crippen molar-refractivity contribution in [3.63, 3.8) is 0 Å². The number of hydrogen-bond donors (Lipinski definition) is 1. The van der Waals surface area contributed by atoms with Crippen LogP contribution in [0.4, 0.5) is 0 Å². The zero-order valence-corrected chi connectivity index (χ0v) is 21.5. The van der Waals surface area contributed by atoms with Gasteiger partial charge in [-0.3, -0.25) is 0 Å². The minimum atomic E-state index is -0.574. The van der Waals surface area contributed by atoms with Crippen LogP contribution in [0.15, 0.2) is 59.2 Å². The lowest BCUT2D eigenvalue weighted by molar-refractivity contribution is -0.0273. The first kappa shape index (κ1) is 28.9. The number of nitrogens with zero attached hydrogens (tertiary/aromatic N) is 1. The second-order valence-electron chi connectivity index (χ2n) is 8.73. The lowest BCUT2D eigenvalue weighted by atomic mass is 9.85. The Balaban J connectivity index is 1.74. The number of oxazole rings is 1. The summed E-state index contributed by atoms with van der Waals surface area (Å²) < 4.78 is 26.2. The fraction of sp³-hybridized carbons (Fsp3) is 0.429. The monoisotopic (exact) mass is 497 g/mol. The van der Waals surface area contributed by atoms with Crippen molar-refractivity contribution in [2.45, 2.75) is 45.5 Å². The number of benzene rings is 1. The second kappa shape index (κ2) is 14.9. The van der Waals surface area contributed by atoms with Crippen LogP contribution in [0.5, 0.6) is 5.75 Å². The van der Waals surface area contributed by atoms with Gasteiger partial charge >= 0.3 is 5.97 Å². The molecular formula is C28H35NO7. The van der Waals surface area contributed by atoms with Gasteiger partial charge < -0.3 is 28.5 Å². The van der Waals surface area contributed by atoms with Crippen molar-refractivity contribution in [2.75, 3.05) is 27.9 Å². The van der Waals surface area contributed by atoms with Gasteiger partial charge in [-0.15, -0.1) is 0 Å². The number of methoxy groups -OCH3 is 3. The lowest BCUT2D eigenvalue weighted by Gasteiger charge is -2.29. The number of carbonyl (C=O) groups excluding carboxylic acids is 1. The molecule has 0 aliphatic heterocycles. The van der Waals surface area contributed by atoms with Crippen molar-refractivity contribution in [2.24, 2.45) is 5.41 Å². The summed E-state index contributed by atoms with van der Waals surface area (Å²) in [6, 6.07) is 7.71. The Morgan fingerprint density at radius 3 is 2.56 bits per heavy atom. The fourth-order valence-electron chi connectivity index (χ4n) is 3.08. The summed E-state index contributed by atoms with van der Waals surface area (Å²) in [6.45, 7) is 4.84. The molecule has 2 atom stereocenters. The Kier molecular flexibility index (Phi) is 11.9. The highest BCUT2D eigenvalue weighted by atomic mass is 16.5. The highest BCUT2D eigenvalue weighted by molar-refractivity contribution is 5.86. The predicted molar refractivity (Wildman–Crippen MR) is 135 cm³/mol. The smallest absolute Gasteiger partial charge is 0.360 e. The lowest BCUT2D eigenvalue weighted by Crippen LogP contribution is -2.33. The number of allylic oxidation sites excluding steroid dienone is 2. The molecule has 1 N–H and O–H groups in total. The van der Waals surface area contributed by atoms with Crippen molar-refractivity contribution in [3.8, 4) is 17.6 Å². The van der Waals surface area contributed by atoms with E-state index in [4.69, 9.17) is 18.6 Å². The minimum absolute atomic E-state index is 0.116. The van der Waals surface area contributed by atoms with Crippen LogP contribution in [-0.2, 0) is 27.2 Å². The summed E-state index contributed by atoms with van der Waals surface area (Å²) in [5, 5.41) is 10.6. The molecule has 1 aromatic carbocycles. The standard InChI is InChI=1S/C28H35NO7/c1-28(2,20-35-18-21-13-15-22(32-3)16-14-21)25(30)12-10-8-6-7-9-11-23(33-4)17-26-29-24(19-36-26)27(31)34-5/h8-11,13-16,19,23,25,30H,12,17-18,20H2,1-5H3/b10-8-,11-9+/t23-,25-/m0/s1. The molecule has 0 bridgehead atoms. The number of aromatic nitrogens is 1. The molecule has 0 radical (unpaired) electrons. The summed E-state index contributed by atoms with van der Waals surface area (Å²) >= 11 is 0. The molecule has 2 aromatic rings. The van der Waals surface area contributed by atoms with Gasteiger partial charge in [-0.05, 0) is 42.3 Å². The van der Waals surface area contributed by atoms with Crippen LogP contribution >= 0.6 is 0 Å². The zero-order valence-electron chi connectivity index (χ0n) is 21.5. The predicted octanol–water partition coefficient (Wildman–Crippen LogP) is 4.14. The summed E-state index contributed by atoms with van der Waals surface area (Å²) in [7, 11) is 4.48. The third-order valence-electron chi connectivity index (χ3n) is 5.47. The Hall–Kier alpha value is -3.38. The summed E-state index contributed by atoms with van der Waals surface area (Å²) in [5.41, 5.74) is 0.750. The van der Waals surface area contributed by atoms with Gasteiger partial charge in [0, 0.05) is 12.5 Å². The van der Waals surface area contributed by atoms with Gasteiger partial charge in [-0.25, -0.2) is 9.78 Å². The maximum atomic E-state index is 11.5. The average Bonchev–Trinajstić information content (AvgIpc) is 3.35. The van der Waals surface area contributed by atoms with E-state index < -0.39 is 17.5 Å². The van der Waals surface area contributed by atoms with E-state index in [2.05, 4.69) is 21.6 Å². The first-order valence-electron chi connectivity index (χ1n) is 11.6. The van der Waals surface area contributed by atoms with Crippen molar-refractivity contribution in [1.29, 1.82) is 0 Å². The van der Waals surface area contributed by atoms with E-state index in [-0.39, 0.29) is 11.8 Å². The molecule has 1 heterocycles. The third-order valence-corrected chi connectivity index (χ3v) is 5.47. The number of hydrogen-bond acceptors (Lipinski definition) is 8. The summed E-state index contributed by atoms with van der Waals surface area (Å²) in [4.78, 5) is 15.5. The van der Waals surface area contributed by atoms with Gasteiger partial charge in [0.15, 0.2) is 11.6 Å². The average molecular weight is 498 g/mol. The second-order valence-corrected chi connectivity index (χ2v) is 8.73. The molecule has 1 aromatic heterocycles. The third kappa shape index (κ3) is 9.70. The van der Waals surface area contributed by atoms with Gasteiger partial charge in [0.05, 0.1) is 46.1 Å². The van der Waals surface area contributed by atoms with Crippen molar-refractivity contribution in [1.82, 2.24) is 4.98 Å². The van der Waals surface area contributed by atoms with E-state index in [0.717, 1.165) is 11.3 Å². The van der Waals surface area contributed by atoms with Crippen molar-refractivity contribution >= 4 is 5.97 Å². The van der Waals surface area contributed by atoms with Crippen LogP contribution in [0.25, 0.3) is 0 Å². The van der Waals surface area contributed by atoms with Gasteiger partial charge in [0.1, 0.15) is 12.0 Å². The molecule has 0 amide bonds. The Morgan fingerprint density at radius 2 is 1.89 bits per heavy atom. The molecule has 0 spiro atoms. The summed E-state index contributed by atoms with van der Waals surface area (Å²) in [5.74, 6) is 6.43. The molecule has 8 heteroatoms. The molecule has 0 aliphatic rings. The normalized spacial score (nSPS) is 13.4. The van der Waals surface area contributed by atoms with Crippen molar-refractivity contribution < 1.29 is 33.3 Å². The molecule has 0 saturated carbocycles. The maximum Gasteiger partial charge on any atom is 0.360 e. The van der Waals surface area contributed by atoms with E-state index >= 15 is 0 Å². The van der Waals surface area contributed by atoms with Crippen LogP contribution in [0.1, 0.15) is 42.2 Å². The van der Waals surface area contributed by atoms with Crippen LogP contribution in [0.2, 0.25) is 0 Å². The van der Waals surface area contributed by atoms with Gasteiger partial charge in [0.2, 0.25) is 0 Å². The Bertz CT molecular complexity index is 1060. The van der Waals surface area contributed by atoms with Crippen LogP contribution < -0.4 is 4.74 Å². The quantitative estimate of drug-likeness (QED) is 0.326. The van der Waals surface area contributed by atoms with Crippen LogP contribution in [-0.4, -0.2) is 56.2 Å². The largest absolute Gasteiger partial charge is 0.497 e. The van der Waals surface area contributed by atoms with E-state index in [9.17, 15) is 9.90 Å². The highest BCUT2D eigenvalue weighted by Crippen LogP contribution is 2.24. The number of aliphatic hydroxyl groups excluding tert-OH is 1. The van der Waals surface area contributed by atoms with E-state index in [0.29, 0.717) is 31.9 Å². The van der Waals surface area contributed by atoms with E-state index in [1.54, 1.807) is 32.4 Å². The van der Waals surface area contributed by atoms with Gasteiger partial charge in [-0.1, -0.05) is 43.9 Å². The van der Waals surface area contributed by atoms with Gasteiger partial charge in [-0.2, -0.15) is 0 Å². The molecule has 0 saturated heterocycles. The first-order valence-corrected chi connectivity index (χ1v) is 11.6. The Labute approximate surface area is 212 Å². The van der Waals surface area contributed by atoms with E-state index in [1.165, 1.54) is 13.4 Å². The number of ether oxygens (including phenoxy) is 4. The molecule has 0 aliphatic carbocycles. The van der Waals surface area contributed by atoms with Crippen LogP contribution in [0.3, 0.4) is 0 Å². The SMILES string of the molecule is COC(=O)c1coc(C[C@H](/C=C/C#C/C=C\C[C@H](O)C(C)(C)COCc2ccc(OC)cc2)OC)n1. The minimum Gasteiger partial charge on any atom is -0.497 e. The topological polar surface area (TPSA) is 100 Å². The maximum absolute atomic E-state index is 11.5. The molecule has 194 valence electrons. The molecular weight excluding hydrogens is 462 g/mol. The zero-order chi connectivity index (χ0) is 26.4. The number of esters is 1. The molecule has 2 rings (SSSR count). The number of carbonyl (C=O) groups is 1. The molecule has 36 heavy (non-hydrogen) atoms. The molecule has 0 fully saturated rings. The number of aliphatic hydroxyl groups is 1. The fourth-order valence-corrected chi connectivity index (χ4v) is 3.08. The first-order chi connectivity index (χ1) is 17.3. The van der Waals surface area contributed by atoms with Crippen LogP contribution in [0, 0.1) is 17.3 Å². The Morgan fingerprint density at radius 1 is 1.17 bits per heavy atom. The highest BCUT2D eigenvalue weighted by Gasteiger charge is 2.27. The summed E-state index contributed by atoms with van der Waals surface area (Å²) in [6.07, 6.45) is 8.19. The van der Waals surface area contributed by atoms with Gasteiger partial charge in [0.25, 0.3) is 0 Å². The van der Waals surface area contributed by atoms with Crippen molar-refractivity contribution in [3.05, 3.63) is 72.0 Å². The van der Waals surface area contributed by atoms with E-state index in [1.807, 2.05) is 44.2 Å². The molecule has 8 nitrogen and oxygen atoms in total.